The van der Waals surface area contributed by atoms with E-state index in [-0.39, 0.29) is 5.97 Å². The molecule has 0 saturated carbocycles. The lowest BCUT2D eigenvalue weighted by molar-refractivity contribution is -0.148. The summed E-state index contributed by atoms with van der Waals surface area (Å²) < 4.78 is 18.2. The molecule has 0 radical (unpaired) electrons. The molecule has 36 heavy (non-hydrogen) atoms. The van der Waals surface area contributed by atoms with Gasteiger partial charge in [0.1, 0.15) is 17.1 Å². The molecule has 0 spiro atoms. The number of aliphatic hydroxyl groups excluding tert-OH is 1. The SMILES string of the molecule is COc1ccc2c(Oc3ccc(C=CC(=O)OC(C)(C)C)cc3)c(-c3ccccc3[C@H](C)O)sc2c1. The first kappa shape index (κ1) is 25.5. The summed E-state index contributed by atoms with van der Waals surface area (Å²) in [6.07, 6.45) is 2.52. The number of thiophene rings is 1. The van der Waals surface area contributed by atoms with Gasteiger partial charge in [-0.2, -0.15) is 0 Å². The Morgan fingerprint density at radius 2 is 1.69 bits per heavy atom. The predicted molar refractivity (Wildman–Crippen MR) is 146 cm³/mol. The molecular weight excluding hydrogens is 472 g/mol. The molecule has 0 aliphatic heterocycles. The van der Waals surface area contributed by atoms with Crippen LogP contribution in [0.1, 0.15) is 44.9 Å². The third-order valence-electron chi connectivity index (χ3n) is 5.43. The topological polar surface area (TPSA) is 65.0 Å². The van der Waals surface area contributed by atoms with Crippen molar-refractivity contribution in [3.05, 3.63) is 83.9 Å². The van der Waals surface area contributed by atoms with Crippen LogP contribution >= 0.6 is 11.3 Å². The molecule has 1 aromatic heterocycles. The van der Waals surface area contributed by atoms with Crippen molar-refractivity contribution in [2.75, 3.05) is 7.11 Å². The lowest BCUT2D eigenvalue weighted by atomic mass is 10.0. The summed E-state index contributed by atoms with van der Waals surface area (Å²) in [5, 5.41) is 11.4. The largest absolute Gasteiger partial charge is 0.497 e. The van der Waals surface area contributed by atoms with Crippen LogP contribution < -0.4 is 9.47 Å². The van der Waals surface area contributed by atoms with Crippen LogP contribution in [0.5, 0.6) is 17.2 Å². The zero-order valence-corrected chi connectivity index (χ0v) is 21.9. The van der Waals surface area contributed by atoms with Crippen molar-refractivity contribution in [2.45, 2.75) is 39.4 Å². The van der Waals surface area contributed by atoms with Crippen LogP contribution in [0.4, 0.5) is 0 Å². The van der Waals surface area contributed by atoms with Crippen LogP contribution in [-0.4, -0.2) is 23.8 Å². The highest BCUT2D eigenvalue weighted by atomic mass is 32.1. The lowest BCUT2D eigenvalue weighted by Gasteiger charge is -2.17. The zero-order valence-electron chi connectivity index (χ0n) is 21.1. The molecule has 186 valence electrons. The third-order valence-corrected chi connectivity index (χ3v) is 6.59. The fraction of sp³-hybridized carbons (Fsp3) is 0.233. The zero-order chi connectivity index (χ0) is 25.9. The monoisotopic (exact) mass is 502 g/mol. The standard InChI is InChI=1S/C30H30O5S/c1-19(31)23-8-6-7-9-24(23)29-28(25-16-15-22(33-5)18-26(25)36-29)34-21-13-10-20(11-14-21)12-17-27(32)35-30(2,3)4/h6-19,31H,1-5H3/t19-/m0/s1. The molecule has 0 unspecified atom stereocenters. The van der Waals surface area contributed by atoms with Crippen LogP contribution in [0.2, 0.25) is 0 Å². The fourth-order valence-electron chi connectivity index (χ4n) is 3.79. The molecule has 0 bridgehead atoms. The Morgan fingerprint density at radius 3 is 2.36 bits per heavy atom. The van der Waals surface area contributed by atoms with Crippen LogP contribution in [0.3, 0.4) is 0 Å². The summed E-state index contributed by atoms with van der Waals surface area (Å²) in [6.45, 7) is 7.27. The van der Waals surface area contributed by atoms with Gasteiger partial charge in [0.15, 0.2) is 5.75 Å². The average Bonchev–Trinajstić information content (AvgIpc) is 3.19. The predicted octanol–water partition coefficient (Wildman–Crippen LogP) is 7.78. The third kappa shape index (κ3) is 5.96. The van der Waals surface area contributed by atoms with E-state index in [0.717, 1.165) is 43.2 Å². The first-order valence-corrected chi connectivity index (χ1v) is 12.5. The van der Waals surface area contributed by atoms with Crippen LogP contribution in [0.25, 0.3) is 26.6 Å². The lowest BCUT2D eigenvalue weighted by Crippen LogP contribution is -2.22. The number of ether oxygens (including phenoxy) is 3. The highest BCUT2D eigenvalue weighted by Gasteiger charge is 2.20. The molecule has 0 fully saturated rings. The second-order valence-corrected chi connectivity index (χ2v) is 10.5. The molecule has 0 aliphatic carbocycles. The number of benzene rings is 3. The maximum Gasteiger partial charge on any atom is 0.331 e. The number of carbonyl (C=O) groups is 1. The summed E-state index contributed by atoms with van der Waals surface area (Å²) >= 11 is 1.60. The van der Waals surface area contributed by atoms with Crippen molar-refractivity contribution in [3.63, 3.8) is 0 Å². The summed E-state index contributed by atoms with van der Waals surface area (Å²) in [7, 11) is 1.65. The first-order chi connectivity index (χ1) is 17.1. The molecule has 5 nitrogen and oxygen atoms in total. The Labute approximate surface area is 215 Å². The van der Waals surface area contributed by atoms with E-state index >= 15 is 0 Å². The van der Waals surface area contributed by atoms with Crippen LogP contribution in [0, 0.1) is 0 Å². The molecule has 0 aliphatic rings. The van der Waals surface area contributed by atoms with E-state index in [4.69, 9.17) is 14.2 Å². The Bertz CT molecular complexity index is 1390. The minimum atomic E-state index is -0.621. The summed E-state index contributed by atoms with van der Waals surface area (Å²) in [5.74, 6) is 1.77. The molecular formula is C30H30O5S. The van der Waals surface area contributed by atoms with Crippen LogP contribution in [0.15, 0.2) is 72.8 Å². The Kier molecular flexibility index (Phi) is 7.48. The van der Waals surface area contributed by atoms with Gasteiger partial charge < -0.3 is 19.3 Å². The molecule has 1 heterocycles. The minimum Gasteiger partial charge on any atom is -0.497 e. The molecule has 0 amide bonds. The molecule has 1 N–H and O–H groups in total. The van der Waals surface area contributed by atoms with E-state index in [0.29, 0.717) is 5.75 Å². The van der Waals surface area contributed by atoms with E-state index in [2.05, 4.69) is 0 Å². The Balaban J connectivity index is 1.68. The second kappa shape index (κ2) is 10.6. The van der Waals surface area contributed by atoms with Gasteiger partial charge in [0, 0.05) is 21.7 Å². The van der Waals surface area contributed by atoms with Gasteiger partial charge in [0.05, 0.1) is 18.1 Å². The summed E-state index contributed by atoms with van der Waals surface area (Å²) in [6, 6.07) is 21.2. The molecule has 4 aromatic rings. The van der Waals surface area contributed by atoms with Crippen molar-refractivity contribution in [1.29, 1.82) is 0 Å². The van der Waals surface area contributed by atoms with Crippen molar-refractivity contribution < 1.29 is 24.1 Å². The number of hydrogen-bond donors (Lipinski definition) is 1. The minimum absolute atomic E-state index is 0.385. The van der Waals surface area contributed by atoms with Crippen molar-refractivity contribution in [3.8, 4) is 27.7 Å². The number of fused-ring (bicyclic) bond motifs is 1. The van der Waals surface area contributed by atoms with Gasteiger partial charge in [0.25, 0.3) is 0 Å². The fourth-order valence-corrected chi connectivity index (χ4v) is 5.00. The highest BCUT2D eigenvalue weighted by Crippen LogP contribution is 2.48. The van der Waals surface area contributed by atoms with Gasteiger partial charge in [-0.15, -0.1) is 11.3 Å². The Hall–Kier alpha value is -3.61. The van der Waals surface area contributed by atoms with E-state index in [1.807, 2.05) is 87.5 Å². The smallest absolute Gasteiger partial charge is 0.331 e. The number of carbonyl (C=O) groups excluding carboxylic acids is 1. The quantitative estimate of drug-likeness (QED) is 0.206. The maximum atomic E-state index is 12.0. The number of hydrogen-bond acceptors (Lipinski definition) is 6. The van der Waals surface area contributed by atoms with Crippen LogP contribution in [-0.2, 0) is 9.53 Å². The molecule has 0 saturated heterocycles. The normalized spacial score (nSPS) is 12.6. The van der Waals surface area contributed by atoms with Crippen molar-refractivity contribution >= 4 is 33.5 Å². The molecule has 1 atom stereocenters. The van der Waals surface area contributed by atoms with Gasteiger partial charge >= 0.3 is 5.97 Å². The van der Waals surface area contributed by atoms with Gasteiger partial charge in [-0.25, -0.2) is 4.79 Å². The van der Waals surface area contributed by atoms with E-state index in [1.165, 1.54) is 6.08 Å². The number of methoxy groups -OCH3 is 1. The van der Waals surface area contributed by atoms with E-state index in [1.54, 1.807) is 31.4 Å². The number of rotatable bonds is 7. The van der Waals surface area contributed by atoms with E-state index < -0.39 is 11.7 Å². The van der Waals surface area contributed by atoms with Gasteiger partial charge in [0.2, 0.25) is 0 Å². The second-order valence-electron chi connectivity index (χ2n) is 9.42. The van der Waals surface area contributed by atoms with E-state index in [9.17, 15) is 9.90 Å². The molecule has 6 heteroatoms. The molecule has 3 aromatic carbocycles. The first-order valence-electron chi connectivity index (χ1n) is 11.7. The number of esters is 1. The average molecular weight is 503 g/mol. The van der Waals surface area contributed by atoms with Crippen molar-refractivity contribution in [2.24, 2.45) is 0 Å². The van der Waals surface area contributed by atoms with Gasteiger partial charge in [-0.1, -0.05) is 36.4 Å². The van der Waals surface area contributed by atoms with Gasteiger partial charge in [-0.3, -0.25) is 0 Å². The van der Waals surface area contributed by atoms with Gasteiger partial charge in [-0.05, 0) is 75.2 Å². The summed E-state index contributed by atoms with van der Waals surface area (Å²) in [5.41, 5.74) is 2.09. The highest BCUT2D eigenvalue weighted by molar-refractivity contribution is 7.22. The van der Waals surface area contributed by atoms with Crippen molar-refractivity contribution in [1.82, 2.24) is 0 Å². The number of aliphatic hydroxyl groups is 1. The maximum absolute atomic E-state index is 12.0. The Morgan fingerprint density at radius 1 is 1.00 bits per heavy atom. The molecule has 4 rings (SSSR count). The summed E-state index contributed by atoms with van der Waals surface area (Å²) in [4.78, 5) is 12.9.